The maximum atomic E-state index is 13.3. The van der Waals surface area contributed by atoms with Crippen LogP contribution in [0.15, 0.2) is 71.6 Å². The van der Waals surface area contributed by atoms with Gasteiger partial charge in [-0.3, -0.25) is 4.79 Å². The summed E-state index contributed by atoms with van der Waals surface area (Å²) < 4.78 is 34.9. The lowest BCUT2D eigenvalue weighted by Gasteiger charge is -2.39. The monoisotopic (exact) mass is 548 g/mol. The summed E-state index contributed by atoms with van der Waals surface area (Å²) in [5.74, 6) is -0.251. The lowest BCUT2D eigenvalue weighted by atomic mass is 9.85. The van der Waals surface area contributed by atoms with Crippen molar-refractivity contribution in [1.82, 2.24) is 4.72 Å². The van der Waals surface area contributed by atoms with Crippen molar-refractivity contribution in [2.24, 2.45) is 0 Å². The lowest BCUT2D eigenvalue weighted by molar-refractivity contribution is 0.102. The third kappa shape index (κ3) is 6.27. The summed E-state index contributed by atoms with van der Waals surface area (Å²) in [5, 5.41) is 6.45. The molecule has 0 spiro atoms. The minimum Gasteiger partial charge on any atom is -0.380 e. The van der Waals surface area contributed by atoms with E-state index >= 15 is 0 Å². The number of hydrogen-bond acceptors (Lipinski definition) is 6. The molecule has 0 radical (unpaired) electrons. The number of anilines is 3. The van der Waals surface area contributed by atoms with Crippen molar-refractivity contribution in [2.45, 2.75) is 50.1 Å². The average molecular weight is 549 g/mol. The topological polar surface area (TPSA) is 99.8 Å². The number of nitrogens with zero attached hydrogens (tertiary/aromatic N) is 1. The van der Waals surface area contributed by atoms with Crippen LogP contribution in [0.25, 0.3) is 0 Å². The largest absolute Gasteiger partial charge is 0.380 e. The zero-order valence-corrected chi connectivity index (χ0v) is 23.5. The van der Waals surface area contributed by atoms with E-state index in [1.165, 1.54) is 0 Å². The number of ether oxygens (including phenoxy) is 1. The van der Waals surface area contributed by atoms with Gasteiger partial charge in [-0.15, -0.1) is 0 Å². The quantitative estimate of drug-likeness (QED) is 0.386. The molecule has 0 aliphatic carbocycles. The van der Waals surface area contributed by atoms with E-state index in [2.05, 4.69) is 20.3 Å². The number of rotatable bonds is 7. The van der Waals surface area contributed by atoms with Crippen LogP contribution in [-0.4, -0.2) is 46.2 Å². The highest BCUT2D eigenvalue weighted by atomic mass is 32.2. The van der Waals surface area contributed by atoms with Crippen LogP contribution >= 0.6 is 0 Å². The van der Waals surface area contributed by atoms with Gasteiger partial charge in [0.15, 0.2) is 0 Å². The minimum absolute atomic E-state index is 0.229. The van der Waals surface area contributed by atoms with E-state index < -0.39 is 16.1 Å². The summed E-state index contributed by atoms with van der Waals surface area (Å²) >= 11 is 0. The molecule has 0 saturated carbocycles. The molecule has 2 aliphatic heterocycles. The standard InChI is InChI=1S/C30H36N4O4S/c1-4-21-5-12-25(13-6-21)39(36,37)33-28-20-30(2,3)32-27-14-7-22(19-26(27)28)29(35)31-23-8-10-24(11-9-23)34-15-17-38-18-16-34/h5-14,19,28,32-33H,4,15-18,20H2,1-3H3,(H,31,35)/t28-/m0/s1. The van der Waals surface area contributed by atoms with Crippen LogP contribution in [-0.2, 0) is 21.2 Å². The van der Waals surface area contributed by atoms with Crippen LogP contribution in [0.5, 0.6) is 0 Å². The fraction of sp³-hybridized carbons (Fsp3) is 0.367. The van der Waals surface area contributed by atoms with E-state index in [-0.39, 0.29) is 16.3 Å². The number of carbonyl (C=O) groups excluding carboxylic acids is 1. The SMILES string of the molecule is CCc1ccc(S(=O)(=O)N[C@H]2CC(C)(C)Nc3ccc(C(=O)Nc4ccc(N5CCOCC5)cc4)cc32)cc1. The molecule has 0 unspecified atom stereocenters. The van der Waals surface area contributed by atoms with Crippen molar-refractivity contribution in [3.63, 3.8) is 0 Å². The first-order valence-electron chi connectivity index (χ1n) is 13.4. The normalized spacial score (nSPS) is 18.6. The first-order valence-corrected chi connectivity index (χ1v) is 14.9. The molecule has 1 atom stereocenters. The molecule has 8 nitrogen and oxygen atoms in total. The Balaban J connectivity index is 1.35. The van der Waals surface area contributed by atoms with Crippen LogP contribution in [0.2, 0.25) is 0 Å². The van der Waals surface area contributed by atoms with E-state index in [0.717, 1.165) is 42.0 Å². The van der Waals surface area contributed by atoms with Gasteiger partial charge in [-0.2, -0.15) is 0 Å². The van der Waals surface area contributed by atoms with Gasteiger partial charge < -0.3 is 20.3 Å². The van der Waals surface area contributed by atoms with Crippen molar-refractivity contribution < 1.29 is 17.9 Å². The maximum absolute atomic E-state index is 13.3. The van der Waals surface area contributed by atoms with Gasteiger partial charge in [0.2, 0.25) is 10.0 Å². The smallest absolute Gasteiger partial charge is 0.255 e. The number of benzene rings is 3. The first kappa shape index (κ1) is 27.2. The molecule has 1 saturated heterocycles. The third-order valence-electron chi connectivity index (χ3n) is 7.32. The van der Waals surface area contributed by atoms with Gasteiger partial charge in [-0.1, -0.05) is 19.1 Å². The Morgan fingerprint density at radius 2 is 1.72 bits per heavy atom. The van der Waals surface area contributed by atoms with Crippen molar-refractivity contribution in [3.05, 3.63) is 83.4 Å². The predicted octanol–water partition coefficient (Wildman–Crippen LogP) is 4.95. The van der Waals surface area contributed by atoms with Crippen LogP contribution in [0.3, 0.4) is 0 Å². The number of aryl methyl sites for hydroxylation is 1. The third-order valence-corrected chi connectivity index (χ3v) is 8.80. The zero-order chi connectivity index (χ0) is 27.6. The van der Waals surface area contributed by atoms with Gasteiger partial charge in [-0.25, -0.2) is 13.1 Å². The van der Waals surface area contributed by atoms with E-state index in [9.17, 15) is 13.2 Å². The van der Waals surface area contributed by atoms with Crippen LogP contribution < -0.4 is 20.3 Å². The van der Waals surface area contributed by atoms with Gasteiger partial charge >= 0.3 is 0 Å². The molecule has 5 rings (SSSR count). The number of morpholine rings is 1. The molecule has 3 aromatic rings. The molecular formula is C30H36N4O4S. The second-order valence-corrected chi connectivity index (χ2v) is 12.5. The molecule has 1 fully saturated rings. The van der Waals surface area contributed by atoms with Crippen LogP contribution in [0, 0.1) is 0 Å². The second-order valence-electron chi connectivity index (χ2n) is 10.8. The van der Waals surface area contributed by atoms with Gasteiger partial charge in [-0.05, 0) is 92.4 Å². The van der Waals surface area contributed by atoms with E-state index in [0.29, 0.717) is 30.9 Å². The van der Waals surface area contributed by atoms with Crippen molar-refractivity contribution in [2.75, 3.05) is 41.8 Å². The molecule has 2 heterocycles. The summed E-state index contributed by atoms with van der Waals surface area (Å²) in [7, 11) is -3.76. The minimum atomic E-state index is -3.76. The fourth-order valence-corrected chi connectivity index (χ4v) is 6.40. The van der Waals surface area contributed by atoms with E-state index in [1.54, 1.807) is 24.3 Å². The molecule has 9 heteroatoms. The Labute approximate surface area is 230 Å². The van der Waals surface area contributed by atoms with Crippen LogP contribution in [0.1, 0.15) is 54.7 Å². The molecule has 3 aromatic carbocycles. The molecule has 0 aromatic heterocycles. The molecule has 206 valence electrons. The Bertz CT molecular complexity index is 1430. The first-order chi connectivity index (χ1) is 18.6. The van der Waals surface area contributed by atoms with Crippen molar-refractivity contribution >= 4 is 33.0 Å². The lowest BCUT2D eigenvalue weighted by Crippen LogP contribution is -2.43. The van der Waals surface area contributed by atoms with Gasteiger partial charge in [0.1, 0.15) is 0 Å². The number of carbonyl (C=O) groups is 1. The molecule has 0 bridgehead atoms. The second kappa shape index (κ2) is 11.0. The van der Waals surface area contributed by atoms with Crippen molar-refractivity contribution in [1.29, 1.82) is 0 Å². The molecule has 1 amide bonds. The van der Waals surface area contributed by atoms with E-state index in [4.69, 9.17) is 4.74 Å². The Hall–Kier alpha value is -3.40. The molecule has 39 heavy (non-hydrogen) atoms. The Morgan fingerprint density at radius 3 is 2.38 bits per heavy atom. The molecule has 3 N–H and O–H groups in total. The zero-order valence-electron chi connectivity index (χ0n) is 22.7. The average Bonchev–Trinajstić information content (AvgIpc) is 2.93. The van der Waals surface area contributed by atoms with Gasteiger partial charge in [0.05, 0.1) is 24.2 Å². The molecular weight excluding hydrogens is 512 g/mol. The van der Waals surface area contributed by atoms with Crippen LogP contribution in [0.4, 0.5) is 17.1 Å². The summed E-state index contributed by atoms with van der Waals surface area (Å²) in [4.78, 5) is 15.7. The Kier molecular flexibility index (Phi) is 7.66. The van der Waals surface area contributed by atoms with E-state index in [1.807, 2.05) is 63.2 Å². The summed E-state index contributed by atoms with van der Waals surface area (Å²) in [6, 6.07) is 19.6. The fourth-order valence-electron chi connectivity index (χ4n) is 5.19. The maximum Gasteiger partial charge on any atom is 0.255 e. The number of hydrogen-bond donors (Lipinski definition) is 3. The van der Waals surface area contributed by atoms with Gasteiger partial charge in [0, 0.05) is 41.3 Å². The van der Waals surface area contributed by atoms with Crippen molar-refractivity contribution in [3.8, 4) is 0 Å². The molecule has 2 aliphatic rings. The number of sulfonamides is 1. The number of nitrogens with one attached hydrogen (secondary N) is 3. The predicted molar refractivity (Wildman–Crippen MR) is 155 cm³/mol. The highest BCUT2D eigenvalue weighted by Crippen LogP contribution is 2.39. The summed E-state index contributed by atoms with van der Waals surface area (Å²) in [6.07, 6.45) is 1.37. The number of amides is 1. The summed E-state index contributed by atoms with van der Waals surface area (Å²) in [5.41, 5.74) is 4.56. The highest BCUT2D eigenvalue weighted by Gasteiger charge is 2.35. The highest BCUT2D eigenvalue weighted by molar-refractivity contribution is 7.89. The Morgan fingerprint density at radius 1 is 1.03 bits per heavy atom. The number of fused-ring (bicyclic) bond motifs is 1. The summed E-state index contributed by atoms with van der Waals surface area (Å²) in [6.45, 7) is 9.23. The van der Waals surface area contributed by atoms with Gasteiger partial charge in [0.25, 0.3) is 5.91 Å².